The van der Waals surface area contributed by atoms with Crippen LogP contribution in [0.5, 0.6) is 40.2 Å². The van der Waals surface area contributed by atoms with E-state index in [2.05, 4.69) is 15.3 Å². The van der Waals surface area contributed by atoms with Gasteiger partial charge in [0.15, 0.2) is 61.7 Å². The highest BCUT2D eigenvalue weighted by Crippen LogP contribution is 2.43. The lowest BCUT2D eigenvalue weighted by Gasteiger charge is -2.39. The molecule has 37 heteroatoms. The first-order valence-corrected chi connectivity index (χ1v) is 44.0. The number of Topliss-reactive ketones (excluding diaryl/α,β-unsaturated/α-hetero) is 3. The Bertz CT molecular complexity index is 5720. The maximum atomic E-state index is 14.6. The Kier molecular flexibility index (Phi) is 29.9. The molecule has 9 aromatic rings. The van der Waals surface area contributed by atoms with Crippen molar-refractivity contribution in [2.24, 2.45) is 17.0 Å². The molecule has 35 nitrogen and oxygen atoms in total. The van der Waals surface area contributed by atoms with Crippen LogP contribution in [0.3, 0.4) is 0 Å². The van der Waals surface area contributed by atoms with E-state index in [0.29, 0.717) is 79.3 Å². The average Bonchev–Trinajstić information content (AvgIpc) is 1.60. The van der Waals surface area contributed by atoms with E-state index in [1.807, 2.05) is 42.8 Å². The van der Waals surface area contributed by atoms with Crippen molar-refractivity contribution < 1.29 is 122 Å². The summed E-state index contributed by atoms with van der Waals surface area (Å²) in [4.78, 5) is 86.0. The number of imidazole rings is 1. The standard InChI is InChI=1S/C89H97N9O26S2/c1-55-16-19-67(20-17-55)125(108,109)33-22-76(102)60-13-7-12-59(37-60)74(100)14-8-25-115-31-32-118-53-63-48-96(94-93-63)23-26-116-28-30-117-29-27-114-24-9-15-75(101)61-18-21-77(121-89-86(105)85(104)84(103)83(50-99)122-89)82(39-61)124-126(110,111)123-66-35-56(51-119-80-43-70-68(41-78(80)112-3)87(106)97-47-62-11-6-5-10-58(62)38-64(97)45-90-70)34-57(36-66)52-120-81-44-71-69(42-79(81)113-4)88(107)98-49-72-73(95(2)54-92-72)40-65(98)46-91-71/h5-7,10-13,16-21,34-37,39,41-46,48,54,64-65,83-86,89,99,103-105H,8-9,14-15,22-33,38,40,47,49-53H2,1-4H3/t64-,65-,83+,84-,85-,86+,89?/m0/s1. The molecule has 0 aliphatic carbocycles. The fourth-order valence-electron chi connectivity index (χ4n) is 14.9. The molecule has 1 fully saturated rings. The molecule has 1 unspecified atom stereocenters. The van der Waals surface area contributed by atoms with Crippen molar-refractivity contribution in [1.82, 2.24) is 34.3 Å². The fourth-order valence-corrected chi connectivity index (χ4v) is 16.9. The summed E-state index contributed by atoms with van der Waals surface area (Å²) in [6, 6.07) is 34.1. The second-order valence-electron chi connectivity index (χ2n) is 30.6. The average molecular weight is 1770 g/mol. The summed E-state index contributed by atoms with van der Waals surface area (Å²) in [7, 11) is -4.23. The lowest BCUT2D eigenvalue weighted by molar-refractivity contribution is -0.277. The highest BCUT2D eigenvalue weighted by molar-refractivity contribution is 7.91. The summed E-state index contributed by atoms with van der Waals surface area (Å²) in [5.74, 6) is -2.63. The molecule has 5 aliphatic rings. The predicted octanol–water partition coefficient (Wildman–Crippen LogP) is 7.90. The Hall–Kier alpha value is -11.7. The van der Waals surface area contributed by atoms with Crippen molar-refractivity contribution >= 4 is 73.2 Å². The molecule has 7 atom stereocenters. The molecular formula is C89H97N9O26S2. The van der Waals surface area contributed by atoms with Crippen LogP contribution in [0.1, 0.15) is 129 Å². The summed E-state index contributed by atoms with van der Waals surface area (Å²) in [6.07, 6.45) is -0.403. The number of benzene rings is 7. The van der Waals surface area contributed by atoms with Gasteiger partial charge < -0.3 is 95.3 Å². The van der Waals surface area contributed by atoms with Crippen LogP contribution in [0.2, 0.25) is 0 Å². The summed E-state index contributed by atoms with van der Waals surface area (Å²) in [5.41, 5.74) is 7.79. The number of ketones is 3. The van der Waals surface area contributed by atoms with Crippen molar-refractivity contribution in [3.05, 3.63) is 219 Å². The van der Waals surface area contributed by atoms with Gasteiger partial charge in [-0.1, -0.05) is 65.4 Å². The Morgan fingerprint density at radius 2 is 1.13 bits per heavy atom. The van der Waals surface area contributed by atoms with Crippen molar-refractivity contribution in [3.63, 3.8) is 0 Å². The zero-order chi connectivity index (χ0) is 88.6. The van der Waals surface area contributed by atoms with E-state index in [9.17, 15) is 61.2 Å². The zero-order valence-electron chi connectivity index (χ0n) is 69.6. The number of ether oxygens (including phenoxy) is 11. The van der Waals surface area contributed by atoms with E-state index >= 15 is 0 Å². The number of hydrogen-bond acceptors (Lipinski definition) is 31. The minimum atomic E-state index is -5.31. The number of aliphatic hydroxyl groups is 4. The number of aliphatic hydroxyl groups excluding tert-OH is 4. The zero-order valence-corrected chi connectivity index (χ0v) is 71.3. The molecule has 666 valence electrons. The molecule has 0 saturated carbocycles. The number of carbonyl (C=O) groups excluding carboxylic acids is 5. The molecule has 2 amide bonds. The van der Waals surface area contributed by atoms with Gasteiger partial charge in [-0.15, -0.1) is 13.5 Å². The van der Waals surface area contributed by atoms with Crippen LogP contribution < -0.4 is 32.1 Å². The number of aryl methyl sites for hydroxylation is 2. The number of methoxy groups -OCH3 is 2. The summed E-state index contributed by atoms with van der Waals surface area (Å²) < 4.78 is 134. The highest BCUT2D eigenvalue weighted by Gasteiger charge is 2.46. The second kappa shape index (κ2) is 41.6. The number of hydrogen-bond donors (Lipinski definition) is 4. The van der Waals surface area contributed by atoms with E-state index in [1.54, 1.807) is 100 Å². The topological polar surface area (TPSA) is 434 Å². The Morgan fingerprint density at radius 1 is 0.556 bits per heavy atom. The minimum Gasteiger partial charge on any atom is -0.493 e. The van der Waals surface area contributed by atoms with Gasteiger partial charge in [0.2, 0.25) is 6.29 Å². The molecular weight excluding hydrogens is 1680 g/mol. The monoisotopic (exact) mass is 1770 g/mol. The van der Waals surface area contributed by atoms with E-state index in [-0.39, 0.29) is 195 Å². The molecule has 0 radical (unpaired) electrons. The van der Waals surface area contributed by atoms with Crippen LogP contribution in [0.25, 0.3) is 0 Å². The van der Waals surface area contributed by atoms with Gasteiger partial charge in [-0.2, -0.15) is 0 Å². The maximum absolute atomic E-state index is 14.6. The van der Waals surface area contributed by atoms with Gasteiger partial charge in [-0.05, 0) is 115 Å². The molecule has 5 aliphatic heterocycles. The van der Waals surface area contributed by atoms with Crippen LogP contribution in [0.4, 0.5) is 11.4 Å². The number of amides is 2. The first-order valence-electron chi connectivity index (χ1n) is 41.0. The van der Waals surface area contributed by atoms with Crippen molar-refractivity contribution in [2.75, 3.05) is 86.0 Å². The number of sulfone groups is 1. The lowest BCUT2D eigenvalue weighted by atomic mass is 9.94. The second-order valence-corrected chi connectivity index (χ2v) is 33.8. The van der Waals surface area contributed by atoms with E-state index in [4.69, 9.17) is 70.5 Å². The van der Waals surface area contributed by atoms with Gasteiger partial charge in [-0.25, -0.2) is 18.1 Å². The Balaban J connectivity index is 0.556. The van der Waals surface area contributed by atoms with Gasteiger partial charge in [0, 0.05) is 99.4 Å². The predicted molar refractivity (Wildman–Crippen MR) is 451 cm³/mol. The molecule has 14 rings (SSSR count). The molecule has 0 bridgehead atoms. The summed E-state index contributed by atoms with van der Waals surface area (Å²) >= 11 is 0. The third-order valence-electron chi connectivity index (χ3n) is 21.7. The van der Waals surface area contributed by atoms with Gasteiger partial charge in [0.25, 0.3) is 11.8 Å². The molecule has 4 N–H and O–H groups in total. The van der Waals surface area contributed by atoms with Crippen molar-refractivity contribution in [3.8, 4) is 40.2 Å². The molecule has 2 aromatic heterocycles. The first kappa shape index (κ1) is 90.5. The van der Waals surface area contributed by atoms with Gasteiger partial charge in [0.05, 0.1) is 150 Å². The lowest BCUT2D eigenvalue weighted by Crippen LogP contribution is -2.60. The quantitative estimate of drug-likeness (QED) is 0.0208. The Morgan fingerprint density at radius 3 is 1.76 bits per heavy atom. The number of aliphatic imine (C=N–C) groups is 2. The summed E-state index contributed by atoms with van der Waals surface area (Å²) in [6.45, 7) is 3.94. The first-order chi connectivity index (χ1) is 60.9. The van der Waals surface area contributed by atoms with Gasteiger partial charge in [-0.3, -0.25) is 34.0 Å². The molecule has 7 heterocycles. The maximum Gasteiger partial charge on any atom is 0.501 e. The van der Waals surface area contributed by atoms with E-state index in [1.165, 1.54) is 56.7 Å². The molecule has 0 spiro atoms. The number of nitrogens with zero attached hydrogens (tertiary/aromatic N) is 9. The smallest absolute Gasteiger partial charge is 0.493 e. The normalized spacial score (nSPS) is 18.2. The van der Waals surface area contributed by atoms with Crippen molar-refractivity contribution in [1.29, 1.82) is 0 Å². The SMILES string of the molecule is COc1cc2c(cc1OCc1cc(COc3cc4c(cc3OC)C(=O)N3Cc5ncn(C)c5C[C@H]3C=N4)cc(OS(=O)(=O)Oc3cc(C(=O)CCCOCCOCCOCCn4cc(COCCOCCCC(=O)c5cccc(C(=O)CCS(=O)(=O)c6ccc(C)cc6)c5)nn4)ccc3OC3O[C@H](CO)[C@H](O)[C@H](O)[C@H]3O)c1)N=C[C@@H]1Cc3ccccc3CN1C2=O. The third kappa shape index (κ3) is 22.6. The summed E-state index contributed by atoms with van der Waals surface area (Å²) in [5, 5.41) is 50.6. The van der Waals surface area contributed by atoms with Crippen LogP contribution in [0, 0.1) is 6.92 Å². The van der Waals surface area contributed by atoms with Gasteiger partial charge >= 0.3 is 10.4 Å². The van der Waals surface area contributed by atoms with Crippen molar-refractivity contribution in [2.45, 2.75) is 139 Å². The number of aromatic nitrogens is 5. The van der Waals surface area contributed by atoms with Crippen LogP contribution in [-0.4, -0.2) is 242 Å². The molecule has 126 heavy (non-hydrogen) atoms. The highest BCUT2D eigenvalue weighted by atomic mass is 32.3. The van der Waals surface area contributed by atoms with E-state index in [0.717, 1.165) is 34.1 Å². The van der Waals surface area contributed by atoms with Crippen LogP contribution in [-0.2, 0) is 108 Å². The number of fused-ring (bicyclic) bond motifs is 6. The largest absolute Gasteiger partial charge is 0.501 e. The minimum absolute atomic E-state index is 0.0584. The number of rotatable bonds is 44. The molecule has 7 aromatic carbocycles. The van der Waals surface area contributed by atoms with E-state index < -0.39 is 74.8 Å². The van der Waals surface area contributed by atoms with Crippen LogP contribution >= 0.6 is 0 Å². The Labute approximate surface area is 726 Å². The van der Waals surface area contributed by atoms with Crippen LogP contribution in [0.15, 0.2) is 161 Å². The van der Waals surface area contributed by atoms with Gasteiger partial charge in [0.1, 0.15) is 49.1 Å². The third-order valence-corrected chi connectivity index (χ3v) is 24.2. The number of carbonyl (C=O) groups is 5. The molecule has 1 saturated heterocycles. The fraction of sp³-hybridized carbons (Fsp3) is 0.393.